The molecule has 1 atom stereocenters. The number of methoxy groups -OCH3 is 1. The zero-order valence-electron chi connectivity index (χ0n) is 14.9. The summed E-state index contributed by atoms with van der Waals surface area (Å²) in [6.07, 6.45) is 0. The Morgan fingerprint density at radius 3 is 2.85 bits per heavy atom. The average Bonchev–Trinajstić information content (AvgIpc) is 3.31. The number of benzene rings is 2. The molecule has 7 heteroatoms. The van der Waals surface area contributed by atoms with Crippen LogP contribution in [0.2, 0.25) is 0 Å². The molecule has 0 spiro atoms. The predicted octanol–water partition coefficient (Wildman–Crippen LogP) is 2.81. The van der Waals surface area contributed by atoms with Gasteiger partial charge in [0.05, 0.1) is 13.7 Å². The van der Waals surface area contributed by atoms with Crippen LogP contribution in [-0.2, 0) is 5.60 Å². The normalized spacial score (nSPS) is 14.8. The van der Waals surface area contributed by atoms with Crippen molar-refractivity contribution < 1.29 is 28.5 Å². The first kappa shape index (κ1) is 17.2. The molecule has 1 aliphatic heterocycles. The molecule has 0 fully saturated rings. The second kappa shape index (κ2) is 6.51. The molecule has 2 aromatic carbocycles. The van der Waals surface area contributed by atoms with E-state index in [1.807, 2.05) is 12.1 Å². The number of amides is 1. The van der Waals surface area contributed by atoms with Gasteiger partial charge in [-0.05, 0) is 36.8 Å². The molecule has 27 heavy (non-hydrogen) atoms. The fourth-order valence-electron chi connectivity index (χ4n) is 2.98. The third-order valence-corrected chi connectivity index (χ3v) is 4.54. The van der Waals surface area contributed by atoms with Crippen molar-refractivity contribution in [1.29, 1.82) is 0 Å². The lowest BCUT2D eigenvalue weighted by Gasteiger charge is -2.24. The van der Waals surface area contributed by atoms with Crippen molar-refractivity contribution in [2.24, 2.45) is 0 Å². The Morgan fingerprint density at radius 1 is 1.22 bits per heavy atom. The van der Waals surface area contributed by atoms with E-state index < -0.39 is 11.5 Å². The van der Waals surface area contributed by atoms with Gasteiger partial charge in [0.15, 0.2) is 28.6 Å². The number of hydrogen-bond donors (Lipinski definition) is 2. The van der Waals surface area contributed by atoms with Crippen LogP contribution in [0.3, 0.4) is 0 Å². The van der Waals surface area contributed by atoms with Crippen molar-refractivity contribution in [2.75, 3.05) is 20.4 Å². The second-order valence-corrected chi connectivity index (χ2v) is 6.51. The third-order valence-electron chi connectivity index (χ3n) is 4.54. The van der Waals surface area contributed by atoms with Crippen molar-refractivity contribution in [1.82, 2.24) is 5.32 Å². The van der Waals surface area contributed by atoms with E-state index in [4.69, 9.17) is 18.6 Å². The van der Waals surface area contributed by atoms with Gasteiger partial charge in [0.2, 0.25) is 6.79 Å². The van der Waals surface area contributed by atoms with Crippen molar-refractivity contribution in [2.45, 2.75) is 12.5 Å². The van der Waals surface area contributed by atoms with Gasteiger partial charge in [0.1, 0.15) is 5.60 Å². The number of rotatable bonds is 5. The first-order valence-corrected chi connectivity index (χ1v) is 8.45. The first-order valence-electron chi connectivity index (χ1n) is 8.45. The lowest BCUT2D eigenvalue weighted by Crippen LogP contribution is -2.38. The number of ether oxygens (including phenoxy) is 3. The van der Waals surface area contributed by atoms with Crippen LogP contribution in [0.25, 0.3) is 11.0 Å². The van der Waals surface area contributed by atoms with Gasteiger partial charge in [-0.15, -0.1) is 0 Å². The van der Waals surface area contributed by atoms with Crippen molar-refractivity contribution in [3.63, 3.8) is 0 Å². The lowest BCUT2D eigenvalue weighted by atomic mass is 9.95. The minimum absolute atomic E-state index is 0.000340. The molecule has 1 amide bonds. The molecule has 2 heterocycles. The molecule has 0 bridgehead atoms. The Morgan fingerprint density at radius 2 is 2.04 bits per heavy atom. The summed E-state index contributed by atoms with van der Waals surface area (Å²) in [5, 5.41) is 14.2. The molecule has 0 saturated carbocycles. The fraction of sp³-hybridized carbons (Fsp3) is 0.250. The first-order chi connectivity index (χ1) is 13.0. The van der Waals surface area contributed by atoms with Gasteiger partial charge in [0, 0.05) is 5.39 Å². The number of hydrogen-bond acceptors (Lipinski definition) is 6. The molecule has 1 aromatic heterocycles. The molecule has 1 aliphatic rings. The van der Waals surface area contributed by atoms with Crippen LogP contribution in [0.15, 0.2) is 46.9 Å². The fourth-order valence-corrected chi connectivity index (χ4v) is 2.98. The number of nitrogens with one attached hydrogen (secondary N) is 1. The van der Waals surface area contributed by atoms with Crippen LogP contribution in [0.4, 0.5) is 0 Å². The van der Waals surface area contributed by atoms with Crippen LogP contribution in [-0.4, -0.2) is 31.5 Å². The summed E-state index contributed by atoms with van der Waals surface area (Å²) in [6, 6.07) is 12.2. The quantitative estimate of drug-likeness (QED) is 0.719. The van der Waals surface area contributed by atoms with Crippen LogP contribution >= 0.6 is 0 Å². The number of carbonyl (C=O) groups is 1. The highest BCUT2D eigenvalue weighted by Crippen LogP contribution is 2.35. The number of para-hydroxylation sites is 1. The molecule has 140 valence electrons. The number of fused-ring (bicyclic) bond motifs is 2. The standard InChI is InChI=1S/C20H19NO6/c1-20(23,13-6-7-14-16(9-13)26-11-25-14)10-21-19(22)17-8-12-4-3-5-15(24-2)18(12)27-17/h3-9,23H,10-11H2,1-2H3,(H,21,22)/t20-/m1/s1. The summed E-state index contributed by atoms with van der Waals surface area (Å²) in [5.41, 5.74) is -0.175. The highest BCUT2D eigenvalue weighted by atomic mass is 16.7. The van der Waals surface area contributed by atoms with E-state index in [-0.39, 0.29) is 19.1 Å². The summed E-state index contributed by atoms with van der Waals surface area (Å²) in [4.78, 5) is 12.5. The topological polar surface area (TPSA) is 90.2 Å². The monoisotopic (exact) mass is 369 g/mol. The average molecular weight is 369 g/mol. The molecule has 7 nitrogen and oxygen atoms in total. The van der Waals surface area contributed by atoms with Crippen molar-refractivity contribution in [3.8, 4) is 17.2 Å². The second-order valence-electron chi connectivity index (χ2n) is 6.51. The Labute approximate surface area is 155 Å². The summed E-state index contributed by atoms with van der Waals surface area (Å²) >= 11 is 0. The van der Waals surface area contributed by atoms with E-state index in [9.17, 15) is 9.90 Å². The smallest absolute Gasteiger partial charge is 0.287 e. The minimum atomic E-state index is -1.29. The van der Waals surface area contributed by atoms with E-state index >= 15 is 0 Å². The van der Waals surface area contributed by atoms with E-state index in [0.29, 0.717) is 28.4 Å². The van der Waals surface area contributed by atoms with Crippen LogP contribution in [0.5, 0.6) is 17.2 Å². The maximum Gasteiger partial charge on any atom is 0.287 e. The Balaban J connectivity index is 1.50. The largest absolute Gasteiger partial charge is 0.493 e. The van der Waals surface area contributed by atoms with Crippen molar-refractivity contribution >= 4 is 16.9 Å². The highest BCUT2D eigenvalue weighted by Gasteiger charge is 2.27. The van der Waals surface area contributed by atoms with Gasteiger partial charge < -0.3 is 29.1 Å². The van der Waals surface area contributed by atoms with Crippen molar-refractivity contribution in [3.05, 3.63) is 53.8 Å². The maximum atomic E-state index is 12.5. The van der Waals surface area contributed by atoms with Crippen LogP contribution < -0.4 is 19.5 Å². The molecule has 2 N–H and O–H groups in total. The molecule has 0 saturated heterocycles. The van der Waals surface area contributed by atoms with Gasteiger partial charge in [-0.2, -0.15) is 0 Å². The number of aliphatic hydroxyl groups is 1. The molecule has 3 aromatic rings. The van der Waals surface area contributed by atoms with Gasteiger partial charge in [-0.1, -0.05) is 18.2 Å². The maximum absolute atomic E-state index is 12.5. The summed E-state index contributed by atoms with van der Waals surface area (Å²) in [7, 11) is 1.54. The predicted molar refractivity (Wildman–Crippen MR) is 97.2 cm³/mol. The zero-order valence-corrected chi connectivity index (χ0v) is 14.9. The van der Waals surface area contributed by atoms with E-state index in [2.05, 4.69) is 5.32 Å². The Kier molecular flexibility index (Phi) is 4.16. The lowest BCUT2D eigenvalue weighted by molar-refractivity contribution is 0.0517. The SMILES string of the molecule is COc1cccc2cc(C(=O)NC[C@@](C)(O)c3ccc4c(c3)OCO4)oc12. The number of carbonyl (C=O) groups excluding carboxylic acids is 1. The minimum Gasteiger partial charge on any atom is -0.493 e. The van der Waals surface area contributed by atoms with Gasteiger partial charge in [-0.3, -0.25) is 4.79 Å². The number of furan rings is 1. The summed E-state index contributed by atoms with van der Waals surface area (Å²) in [5.74, 6) is 1.49. The van der Waals surface area contributed by atoms with Gasteiger partial charge in [0.25, 0.3) is 5.91 Å². The van der Waals surface area contributed by atoms with E-state index in [0.717, 1.165) is 5.39 Å². The van der Waals surface area contributed by atoms with Gasteiger partial charge in [-0.25, -0.2) is 0 Å². The zero-order chi connectivity index (χ0) is 19.0. The highest BCUT2D eigenvalue weighted by molar-refractivity contribution is 5.97. The van der Waals surface area contributed by atoms with Gasteiger partial charge >= 0.3 is 0 Å². The Bertz CT molecular complexity index is 1010. The van der Waals surface area contributed by atoms with Crippen LogP contribution in [0.1, 0.15) is 23.0 Å². The molecule has 0 aliphatic carbocycles. The molecular weight excluding hydrogens is 350 g/mol. The molecule has 0 unspecified atom stereocenters. The summed E-state index contributed by atoms with van der Waals surface area (Å²) in [6.45, 7) is 1.78. The van der Waals surface area contributed by atoms with E-state index in [1.165, 1.54) is 0 Å². The van der Waals surface area contributed by atoms with Crippen LogP contribution in [0, 0.1) is 0 Å². The molecular formula is C20H19NO6. The summed E-state index contributed by atoms with van der Waals surface area (Å²) < 4.78 is 21.5. The third kappa shape index (κ3) is 3.17. The Hall–Kier alpha value is -3.19. The molecule has 4 rings (SSSR count). The molecule has 0 radical (unpaired) electrons. The van der Waals surface area contributed by atoms with E-state index in [1.54, 1.807) is 44.4 Å².